The number of hydrogen-bond donors (Lipinski definition) is 1. The summed E-state index contributed by atoms with van der Waals surface area (Å²) in [7, 11) is 0. The zero-order valence-corrected chi connectivity index (χ0v) is 12.5. The standard InChI is InChI=1S/C12H13N3O3S2/c1-19-11-13-7(5-20-11)9(17)15-3-2-12(6-15)4-8(16)14-10(12)18/h5H,2-4,6H2,1H3,(H,14,16,18). The molecule has 106 valence electrons. The summed E-state index contributed by atoms with van der Waals surface area (Å²) in [5.41, 5.74) is -0.299. The Morgan fingerprint density at radius 3 is 2.95 bits per heavy atom. The molecular formula is C12H13N3O3S2. The Labute approximate surface area is 123 Å². The van der Waals surface area contributed by atoms with Gasteiger partial charge in [-0.05, 0) is 12.7 Å². The predicted molar refractivity (Wildman–Crippen MR) is 74.6 cm³/mol. The fourth-order valence-electron chi connectivity index (χ4n) is 2.68. The largest absolute Gasteiger partial charge is 0.336 e. The number of imide groups is 1. The van der Waals surface area contributed by atoms with Crippen molar-refractivity contribution in [1.29, 1.82) is 0 Å². The van der Waals surface area contributed by atoms with Gasteiger partial charge in [-0.3, -0.25) is 19.7 Å². The molecule has 2 aliphatic rings. The molecule has 2 saturated heterocycles. The number of rotatable bonds is 2. The lowest BCUT2D eigenvalue weighted by Crippen LogP contribution is -2.36. The van der Waals surface area contributed by atoms with Gasteiger partial charge in [0.1, 0.15) is 10.0 Å². The minimum absolute atomic E-state index is 0.162. The maximum absolute atomic E-state index is 12.3. The molecule has 1 aromatic rings. The van der Waals surface area contributed by atoms with E-state index in [-0.39, 0.29) is 24.1 Å². The minimum Gasteiger partial charge on any atom is -0.336 e. The first-order valence-electron chi connectivity index (χ1n) is 6.17. The molecule has 1 unspecified atom stereocenters. The summed E-state index contributed by atoms with van der Waals surface area (Å²) in [5, 5.41) is 4.06. The van der Waals surface area contributed by atoms with E-state index in [2.05, 4.69) is 10.3 Å². The van der Waals surface area contributed by atoms with Crippen LogP contribution < -0.4 is 5.32 Å². The number of amides is 3. The van der Waals surface area contributed by atoms with Gasteiger partial charge in [-0.15, -0.1) is 11.3 Å². The predicted octanol–water partition coefficient (Wildman–Crippen LogP) is 0.744. The molecule has 20 heavy (non-hydrogen) atoms. The van der Waals surface area contributed by atoms with Crippen LogP contribution in [0.25, 0.3) is 0 Å². The van der Waals surface area contributed by atoms with Crippen molar-refractivity contribution in [2.24, 2.45) is 5.41 Å². The van der Waals surface area contributed by atoms with Crippen molar-refractivity contribution < 1.29 is 14.4 Å². The number of carbonyl (C=O) groups is 3. The molecule has 3 heterocycles. The fourth-order valence-corrected chi connectivity index (χ4v) is 3.91. The van der Waals surface area contributed by atoms with Crippen molar-refractivity contribution in [1.82, 2.24) is 15.2 Å². The van der Waals surface area contributed by atoms with Gasteiger partial charge in [-0.2, -0.15) is 0 Å². The van der Waals surface area contributed by atoms with Crippen LogP contribution in [0.4, 0.5) is 0 Å². The summed E-state index contributed by atoms with van der Waals surface area (Å²) in [4.78, 5) is 41.4. The van der Waals surface area contributed by atoms with Crippen LogP contribution in [0.2, 0.25) is 0 Å². The smallest absolute Gasteiger partial charge is 0.273 e. The quantitative estimate of drug-likeness (QED) is 0.644. The number of thioether (sulfide) groups is 1. The molecule has 1 N–H and O–H groups in total. The number of likely N-dealkylation sites (tertiary alicyclic amines) is 1. The third kappa shape index (κ3) is 2.12. The summed E-state index contributed by atoms with van der Waals surface area (Å²) in [6, 6.07) is 0. The van der Waals surface area contributed by atoms with Crippen molar-refractivity contribution in [3.05, 3.63) is 11.1 Å². The molecule has 2 fully saturated rings. The lowest BCUT2D eigenvalue weighted by atomic mass is 9.85. The Kier molecular flexibility index (Phi) is 3.29. The van der Waals surface area contributed by atoms with Crippen LogP contribution in [0.5, 0.6) is 0 Å². The Balaban J connectivity index is 1.75. The van der Waals surface area contributed by atoms with Gasteiger partial charge in [0.05, 0.1) is 5.41 Å². The molecule has 3 rings (SSSR count). The summed E-state index contributed by atoms with van der Waals surface area (Å²) in [6.07, 6.45) is 2.63. The molecule has 0 aliphatic carbocycles. The number of nitrogens with one attached hydrogen (secondary N) is 1. The van der Waals surface area contributed by atoms with E-state index in [0.29, 0.717) is 25.2 Å². The molecule has 1 atom stereocenters. The highest BCUT2D eigenvalue weighted by atomic mass is 32.2. The first kappa shape index (κ1) is 13.6. The molecule has 0 radical (unpaired) electrons. The van der Waals surface area contributed by atoms with E-state index in [9.17, 15) is 14.4 Å². The first-order chi connectivity index (χ1) is 9.54. The number of thiazole rings is 1. The molecule has 1 aromatic heterocycles. The number of hydrogen-bond acceptors (Lipinski definition) is 6. The Bertz CT molecular complexity index is 601. The van der Waals surface area contributed by atoms with Crippen LogP contribution in [-0.2, 0) is 9.59 Å². The van der Waals surface area contributed by atoms with E-state index < -0.39 is 5.41 Å². The molecule has 0 saturated carbocycles. The SMILES string of the molecule is CSc1nc(C(=O)N2CCC3(CC(=O)NC3=O)C2)cs1. The van der Waals surface area contributed by atoms with Gasteiger partial charge in [-0.1, -0.05) is 11.8 Å². The second kappa shape index (κ2) is 4.85. The highest BCUT2D eigenvalue weighted by Gasteiger charge is 2.51. The number of carbonyl (C=O) groups excluding carboxylic acids is 3. The van der Waals surface area contributed by atoms with Crippen LogP contribution in [0.3, 0.4) is 0 Å². The molecule has 8 heteroatoms. The summed E-state index contributed by atoms with van der Waals surface area (Å²) in [5.74, 6) is -0.658. The van der Waals surface area contributed by atoms with Crippen molar-refractivity contribution in [2.45, 2.75) is 17.2 Å². The van der Waals surface area contributed by atoms with E-state index in [1.165, 1.54) is 23.1 Å². The minimum atomic E-state index is -0.717. The van der Waals surface area contributed by atoms with Gasteiger partial charge >= 0.3 is 0 Å². The van der Waals surface area contributed by atoms with E-state index in [1.807, 2.05) is 6.26 Å². The van der Waals surface area contributed by atoms with Crippen LogP contribution in [0.15, 0.2) is 9.72 Å². The molecular weight excluding hydrogens is 298 g/mol. The average Bonchev–Trinajstić information content (AvgIpc) is 3.10. The molecule has 0 bridgehead atoms. The van der Waals surface area contributed by atoms with Gasteiger partial charge < -0.3 is 4.90 Å². The average molecular weight is 311 g/mol. The molecule has 2 aliphatic heterocycles. The molecule has 6 nitrogen and oxygen atoms in total. The number of aromatic nitrogens is 1. The van der Waals surface area contributed by atoms with Crippen molar-refractivity contribution in [3.8, 4) is 0 Å². The van der Waals surface area contributed by atoms with Crippen LogP contribution in [0.1, 0.15) is 23.3 Å². The van der Waals surface area contributed by atoms with Crippen LogP contribution >= 0.6 is 23.1 Å². The third-order valence-corrected chi connectivity index (χ3v) is 5.61. The second-order valence-corrected chi connectivity index (χ2v) is 6.93. The first-order valence-corrected chi connectivity index (χ1v) is 8.28. The zero-order valence-electron chi connectivity index (χ0n) is 10.8. The molecule has 3 amide bonds. The third-order valence-electron chi connectivity index (χ3n) is 3.75. The summed E-state index contributed by atoms with van der Waals surface area (Å²) in [6.45, 7) is 0.793. The van der Waals surface area contributed by atoms with Gasteiger partial charge in [0.25, 0.3) is 5.91 Å². The second-order valence-electron chi connectivity index (χ2n) is 5.01. The Hall–Kier alpha value is -1.41. The van der Waals surface area contributed by atoms with E-state index >= 15 is 0 Å². The Morgan fingerprint density at radius 2 is 2.35 bits per heavy atom. The molecule has 1 spiro atoms. The van der Waals surface area contributed by atoms with Crippen molar-refractivity contribution in [3.63, 3.8) is 0 Å². The van der Waals surface area contributed by atoms with Gasteiger partial charge in [0.15, 0.2) is 0 Å². The fraction of sp³-hybridized carbons (Fsp3) is 0.500. The maximum atomic E-state index is 12.3. The number of nitrogens with zero attached hydrogens (tertiary/aromatic N) is 2. The zero-order chi connectivity index (χ0) is 14.3. The van der Waals surface area contributed by atoms with E-state index in [4.69, 9.17) is 0 Å². The highest BCUT2D eigenvalue weighted by Crippen LogP contribution is 2.38. The Morgan fingerprint density at radius 1 is 1.55 bits per heavy atom. The van der Waals surface area contributed by atoms with Crippen molar-refractivity contribution >= 4 is 40.8 Å². The monoisotopic (exact) mass is 311 g/mol. The lowest BCUT2D eigenvalue weighted by molar-refractivity contribution is -0.128. The van der Waals surface area contributed by atoms with E-state index in [0.717, 1.165) is 4.34 Å². The van der Waals surface area contributed by atoms with Gasteiger partial charge in [0, 0.05) is 24.9 Å². The summed E-state index contributed by atoms with van der Waals surface area (Å²) >= 11 is 2.93. The maximum Gasteiger partial charge on any atom is 0.273 e. The topological polar surface area (TPSA) is 79.4 Å². The van der Waals surface area contributed by atoms with Crippen LogP contribution in [0, 0.1) is 5.41 Å². The van der Waals surface area contributed by atoms with E-state index in [1.54, 1.807) is 10.3 Å². The normalized spacial score (nSPS) is 25.6. The van der Waals surface area contributed by atoms with Crippen molar-refractivity contribution in [2.75, 3.05) is 19.3 Å². The van der Waals surface area contributed by atoms with Crippen LogP contribution in [-0.4, -0.2) is 47.0 Å². The van der Waals surface area contributed by atoms with Gasteiger partial charge in [0.2, 0.25) is 11.8 Å². The summed E-state index contributed by atoms with van der Waals surface area (Å²) < 4.78 is 0.844. The molecule has 0 aromatic carbocycles. The lowest BCUT2D eigenvalue weighted by Gasteiger charge is -2.19. The van der Waals surface area contributed by atoms with Gasteiger partial charge in [-0.25, -0.2) is 4.98 Å². The highest BCUT2D eigenvalue weighted by molar-refractivity contribution is 8.00.